The Morgan fingerprint density at radius 2 is 1.67 bits per heavy atom. The lowest BCUT2D eigenvalue weighted by molar-refractivity contribution is -0.153. The average Bonchev–Trinajstić information content (AvgIpc) is 3.10. The fourth-order valence-electron chi connectivity index (χ4n) is 3.93. The molecule has 1 saturated heterocycles. The van der Waals surface area contributed by atoms with Crippen molar-refractivity contribution in [3.8, 4) is 0 Å². The molecule has 2 aliphatic heterocycles. The number of ether oxygens (including phenoxy) is 2. The maximum atomic E-state index is 13.1. The Labute approximate surface area is 208 Å². The highest BCUT2D eigenvalue weighted by molar-refractivity contribution is 7.89. The zero-order chi connectivity index (χ0) is 26.0. The lowest BCUT2D eigenvalue weighted by atomic mass is 10.1. The molecule has 0 aliphatic carbocycles. The minimum Gasteiger partial charge on any atom is -0.451 e. The summed E-state index contributed by atoms with van der Waals surface area (Å²) in [5, 5.41) is 2.54. The second-order valence-corrected chi connectivity index (χ2v) is 10.3. The smallest absolute Gasteiger partial charge is 0.326 e. The van der Waals surface area contributed by atoms with Crippen molar-refractivity contribution in [1.29, 1.82) is 0 Å². The van der Waals surface area contributed by atoms with Crippen molar-refractivity contribution < 1.29 is 37.1 Å². The Hall–Kier alpha value is -3.61. The van der Waals surface area contributed by atoms with Gasteiger partial charge in [0, 0.05) is 18.8 Å². The predicted octanol–water partition coefficient (Wildman–Crippen LogP) is 1.18. The third-order valence-electron chi connectivity index (χ3n) is 5.89. The lowest BCUT2D eigenvalue weighted by Crippen LogP contribution is -2.40. The molecule has 11 nitrogen and oxygen atoms in total. The Kier molecular flexibility index (Phi) is 7.20. The molecule has 0 bridgehead atoms. The minimum absolute atomic E-state index is 0.0532. The van der Waals surface area contributed by atoms with Crippen molar-refractivity contribution in [3.05, 3.63) is 59.2 Å². The summed E-state index contributed by atoms with van der Waals surface area (Å²) in [6.45, 7) is 3.42. The number of sulfonamides is 1. The van der Waals surface area contributed by atoms with Gasteiger partial charge < -0.3 is 14.8 Å². The zero-order valence-corrected chi connectivity index (χ0v) is 20.5. The molecule has 2 heterocycles. The van der Waals surface area contributed by atoms with E-state index in [0.717, 1.165) is 4.90 Å². The largest absolute Gasteiger partial charge is 0.451 e. The van der Waals surface area contributed by atoms with Gasteiger partial charge in [-0.3, -0.25) is 24.1 Å². The van der Waals surface area contributed by atoms with Crippen LogP contribution < -0.4 is 5.32 Å². The summed E-state index contributed by atoms with van der Waals surface area (Å²) in [5.74, 6) is -2.87. The number of nitrogens with zero attached hydrogens (tertiary/aromatic N) is 2. The first-order valence-corrected chi connectivity index (χ1v) is 12.7. The number of fused-ring (bicyclic) bond motifs is 1. The van der Waals surface area contributed by atoms with Gasteiger partial charge in [0.15, 0.2) is 6.10 Å². The first-order valence-electron chi connectivity index (χ1n) is 11.2. The first-order chi connectivity index (χ1) is 17.1. The molecule has 1 N–H and O–H groups in total. The number of nitrogens with one attached hydrogen (secondary N) is 1. The molecule has 12 heteroatoms. The molecule has 2 aromatic carbocycles. The summed E-state index contributed by atoms with van der Waals surface area (Å²) in [6, 6.07) is 10.7. The number of morpholine rings is 1. The summed E-state index contributed by atoms with van der Waals surface area (Å²) in [5.41, 5.74) is 1.12. The molecular formula is C24H25N3O8S. The van der Waals surface area contributed by atoms with E-state index in [9.17, 15) is 27.6 Å². The minimum atomic E-state index is -3.79. The predicted molar refractivity (Wildman–Crippen MR) is 127 cm³/mol. The molecule has 2 aromatic rings. The maximum Gasteiger partial charge on any atom is 0.326 e. The number of esters is 1. The molecule has 1 fully saturated rings. The van der Waals surface area contributed by atoms with Crippen LogP contribution >= 0.6 is 0 Å². The summed E-state index contributed by atoms with van der Waals surface area (Å²) in [4.78, 5) is 50.6. The van der Waals surface area contributed by atoms with E-state index >= 15 is 0 Å². The number of imide groups is 1. The van der Waals surface area contributed by atoms with Gasteiger partial charge in [-0.1, -0.05) is 18.2 Å². The van der Waals surface area contributed by atoms with E-state index in [1.807, 2.05) is 0 Å². The average molecular weight is 516 g/mol. The number of benzene rings is 2. The summed E-state index contributed by atoms with van der Waals surface area (Å²) < 4.78 is 37.8. The van der Waals surface area contributed by atoms with E-state index in [2.05, 4.69) is 5.32 Å². The number of amides is 3. The van der Waals surface area contributed by atoms with Crippen LogP contribution in [-0.2, 0) is 29.1 Å². The van der Waals surface area contributed by atoms with E-state index < -0.39 is 46.4 Å². The van der Waals surface area contributed by atoms with E-state index in [-0.39, 0.29) is 34.8 Å². The fourth-order valence-corrected chi connectivity index (χ4v) is 5.58. The Morgan fingerprint density at radius 3 is 2.28 bits per heavy atom. The number of carbonyl (C=O) groups excluding carboxylic acids is 4. The van der Waals surface area contributed by atoms with Gasteiger partial charge in [-0.15, -0.1) is 0 Å². The topological polar surface area (TPSA) is 139 Å². The first kappa shape index (κ1) is 25.5. The third kappa shape index (κ3) is 5.01. The Morgan fingerprint density at radius 1 is 1.06 bits per heavy atom. The van der Waals surface area contributed by atoms with Crippen LogP contribution in [0.4, 0.5) is 5.69 Å². The molecule has 0 saturated carbocycles. The standard InChI is InChI=1S/C24H25N3O8S/c1-15-7-8-17(13-20(15)36(32,33)26-9-11-34-12-10-26)25-22(29)16(2)35-21(28)14-27-23(30)18-5-3-4-6-19(18)24(27)31/h3-8,13,16H,9-12,14H2,1-2H3,(H,25,29). The van der Waals surface area contributed by atoms with E-state index in [4.69, 9.17) is 9.47 Å². The normalized spacial score (nSPS) is 17.0. The highest BCUT2D eigenvalue weighted by atomic mass is 32.2. The number of carbonyl (C=O) groups is 4. The number of hydrogen-bond acceptors (Lipinski definition) is 8. The van der Waals surface area contributed by atoms with Crippen LogP contribution in [0, 0.1) is 6.92 Å². The fraction of sp³-hybridized carbons (Fsp3) is 0.333. The Balaban J connectivity index is 1.39. The highest BCUT2D eigenvalue weighted by Crippen LogP contribution is 2.25. The molecule has 3 amide bonds. The number of rotatable bonds is 7. The molecule has 2 aliphatic rings. The van der Waals surface area contributed by atoms with Gasteiger partial charge in [-0.25, -0.2) is 8.42 Å². The molecule has 0 aromatic heterocycles. The van der Waals surface area contributed by atoms with Crippen molar-refractivity contribution in [3.63, 3.8) is 0 Å². The summed E-state index contributed by atoms with van der Waals surface area (Å²) >= 11 is 0. The van der Waals surface area contributed by atoms with Crippen molar-refractivity contribution in [2.45, 2.75) is 24.8 Å². The van der Waals surface area contributed by atoms with Crippen molar-refractivity contribution in [2.75, 3.05) is 38.2 Å². The lowest BCUT2D eigenvalue weighted by Gasteiger charge is -2.27. The quantitative estimate of drug-likeness (QED) is 0.428. The monoisotopic (exact) mass is 515 g/mol. The molecule has 1 atom stereocenters. The molecule has 190 valence electrons. The summed E-state index contributed by atoms with van der Waals surface area (Å²) in [6.07, 6.45) is -1.27. The van der Waals surface area contributed by atoms with Crippen LogP contribution in [0.2, 0.25) is 0 Å². The van der Waals surface area contributed by atoms with Gasteiger partial charge in [0.25, 0.3) is 17.7 Å². The van der Waals surface area contributed by atoms with E-state index in [0.29, 0.717) is 18.8 Å². The van der Waals surface area contributed by atoms with Crippen molar-refractivity contribution in [2.24, 2.45) is 0 Å². The van der Waals surface area contributed by atoms with Gasteiger partial charge in [0.1, 0.15) is 6.54 Å². The molecular weight excluding hydrogens is 490 g/mol. The van der Waals surface area contributed by atoms with E-state index in [1.165, 1.54) is 29.4 Å². The van der Waals surface area contributed by atoms with Gasteiger partial charge in [-0.2, -0.15) is 4.31 Å². The van der Waals surface area contributed by atoms with Gasteiger partial charge >= 0.3 is 5.97 Å². The van der Waals surface area contributed by atoms with Gasteiger partial charge in [-0.05, 0) is 43.7 Å². The van der Waals surface area contributed by atoms with Crippen LogP contribution in [0.3, 0.4) is 0 Å². The van der Waals surface area contributed by atoms with Crippen LogP contribution in [0.15, 0.2) is 47.4 Å². The van der Waals surface area contributed by atoms with Crippen LogP contribution in [0.5, 0.6) is 0 Å². The molecule has 36 heavy (non-hydrogen) atoms. The van der Waals surface area contributed by atoms with Crippen molar-refractivity contribution in [1.82, 2.24) is 9.21 Å². The second-order valence-electron chi connectivity index (χ2n) is 8.36. The highest BCUT2D eigenvalue weighted by Gasteiger charge is 2.37. The molecule has 0 spiro atoms. The maximum absolute atomic E-state index is 13.1. The number of hydrogen-bond donors (Lipinski definition) is 1. The Bertz CT molecular complexity index is 1300. The van der Waals surface area contributed by atoms with Crippen LogP contribution in [-0.4, -0.2) is 80.3 Å². The molecule has 4 rings (SSSR count). The molecule has 1 unspecified atom stereocenters. The van der Waals surface area contributed by atoms with E-state index in [1.54, 1.807) is 31.2 Å². The molecule has 0 radical (unpaired) electrons. The number of aryl methyl sites for hydroxylation is 1. The summed E-state index contributed by atoms with van der Waals surface area (Å²) in [7, 11) is -3.79. The van der Waals surface area contributed by atoms with Gasteiger partial charge in [0.05, 0.1) is 29.2 Å². The van der Waals surface area contributed by atoms with Crippen molar-refractivity contribution >= 4 is 39.4 Å². The third-order valence-corrected chi connectivity index (χ3v) is 7.93. The second kappa shape index (κ2) is 10.2. The van der Waals surface area contributed by atoms with Gasteiger partial charge in [0.2, 0.25) is 10.0 Å². The SMILES string of the molecule is Cc1ccc(NC(=O)C(C)OC(=O)CN2C(=O)c3ccccc3C2=O)cc1S(=O)(=O)N1CCOCC1. The van der Waals surface area contributed by atoms with Crippen LogP contribution in [0.1, 0.15) is 33.2 Å². The zero-order valence-electron chi connectivity index (χ0n) is 19.7. The van der Waals surface area contributed by atoms with Crippen LogP contribution in [0.25, 0.3) is 0 Å². The number of anilines is 1.